The van der Waals surface area contributed by atoms with E-state index in [1.807, 2.05) is 12.1 Å². The average Bonchev–Trinajstić information content (AvgIpc) is 2.47. The zero-order valence-corrected chi connectivity index (χ0v) is 11.0. The molecule has 0 radical (unpaired) electrons. The molecule has 0 aliphatic carbocycles. The first-order valence-corrected chi connectivity index (χ1v) is 6.11. The minimum absolute atomic E-state index is 0.629. The van der Waals surface area contributed by atoms with Crippen LogP contribution in [0, 0.1) is 0 Å². The van der Waals surface area contributed by atoms with Gasteiger partial charge in [0.05, 0.1) is 7.11 Å². The second-order valence-corrected chi connectivity index (χ2v) is 4.25. The number of guanidine groups is 1. The van der Waals surface area contributed by atoms with Crippen molar-refractivity contribution in [1.29, 1.82) is 0 Å². The Kier molecular flexibility index (Phi) is 3.92. The van der Waals surface area contributed by atoms with E-state index in [2.05, 4.69) is 26.9 Å². The molecule has 1 aromatic rings. The first-order chi connectivity index (χ1) is 8.74. The molecule has 98 valence electrons. The third-order valence-corrected chi connectivity index (χ3v) is 3.27. The molecule has 1 aromatic carbocycles. The summed E-state index contributed by atoms with van der Waals surface area (Å²) in [6, 6.07) is 8.16. The van der Waals surface area contributed by atoms with E-state index in [-0.39, 0.29) is 0 Å². The fourth-order valence-corrected chi connectivity index (χ4v) is 2.13. The molecule has 0 spiro atoms. The minimum atomic E-state index is 0.629. The highest BCUT2D eigenvalue weighted by Gasteiger charge is 2.18. The molecule has 1 fully saturated rings. The molecule has 5 nitrogen and oxygen atoms in total. The second kappa shape index (κ2) is 5.62. The second-order valence-electron chi connectivity index (χ2n) is 4.25. The van der Waals surface area contributed by atoms with Crippen molar-refractivity contribution < 1.29 is 4.74 Å². The largest absolute Gasteiger partial charge is 0.497 e. The number of anilines is 1. The summed E-state index contributed by atoms with van der Waals surface area (Å²) >= 11 is 0. The Morgan fingerprint density at radius 1 is 1.17 bits per heavy atom. The molecule has 1 saturated heterocycles. The number of rotatable bonds is 2. The van der Waals surface area contributed by atoms with E-state index in [4.69, 9.17) is 10.5 Å². The molecule has 5 heteroatoms. The lowest BCUT2D eigenvalue weighted by Gasteiger charge is -2.36. The number of piperazine rings is 1. The van der Waals surface area contributed by atoms with Gasteiger partial charge >= 0.3 is 0 Å². The van der Waals surface area contributed by atoms with E-state index in [0.717, 1.165) is 31.9 Å². The van der Waals surface area contributed by atoms with E-state index in [1.165, 1.54) is 5.69 Å². The Morgan fingerprint density at radius 3 is 2.28 bits per heavy atom. The van der Waals surface area contributed by atoms with Crippen LogP contribution in [0.5, 0.6) is 5.75 Å². The molecule has 18 heavy (non-hydrogen) atoms. The Labute approximate surface area is 108 Å². The predicted molar refractivity (Wildman–Crippen MR) is 74.3 cm³/mol. The number of nitrogens with zero attached hydrogens (tertiary/aromatic N) is 3. The van der Waals surface area contributed by atoms with E-state index in [1.54, 1.807) is 14.2 Å². The van der Waals surface area contributed by atoms with Crippen molar-refractivity contribution in [1.82, 2.24) is 4.90 Å². The van der Waals surface area contributed by atoms with Crippen LogP contribution in [0.4, 0.5) is 5.69 Å². The Balaban J connectivity index is 1.96. The van der Waals surface area contributed by atoms with Gasteiger partial charge in [0.1, 0.15) is 5.75 Å². The van der Waals surface area contributed by atoms with Crippen LogP contribution >= 0.6 is 0 Å². The van der Waals surface area contributed by atoms with E-state index >= 15 is 0 Å². The van der Waals surface area contributed by atoms with Gasteiger partial charge in [-0.2, -0.15) is 0 Å². The van der Waals surface area contributed by atoms with Gasteiger partial charge < -0.3 is 20.3 Å². The fourth-order valence-electron chi connectivity index (χ4n) is 2.13. The van der Waals surface area contributed by atoms with Crippen molar-refractivity contribution in [3.63, 3.8) is 0 Å². The van der Waals surface area contributed by atoms with Gasteiger partial charge in [0.25, 0.3) is 0 Å². The van der Waals surface area contributed by atoms with Gasteiger partial charge in [-0.15, -0.1) is 0 Å². The monoisotopic (exact) mass is 248 g/mol. The lowest BCUT2D eigenvalue weighted by atomic mass is 10.2. The summed E-state index contributed by atoms with van der Waals surface area (Å²) < 4.78 is 5.16. The third-order valence-electron chi connectivity index (χ3n) is 3.27. The maximum Gasteiger partial charge on any atom is 0.191 e. The van der Waals surface area contributed by atoms with Crippen LogP contribution in [0.15, 0.2) is 29.3 Å². The van der Waals surface area contributed by atoms with Crippen molar-refractivity contribution in [2.24, 2.45) is 10.7 Å². The van der Waals surface area contributed by atoms with E-state index in [0.29, 0.717) is 5.96 Å². The SMILES string of the molecule is CN=C(N)N1CCN(c2ccc(OC)cc2)CC1. The maximum absolute atomic E-state index is 5.81. The molecule has 0 bridgehead atoms. The van der Waals surface area contributed by atoms with Crippen LogP contribution in [0.2, 0.25) is 0 Å². The molecule has 1 aliphatic rings. The number of hydrogen-bond acceptors (Lipinski definition) is 3. The maximum atomic E-state index is 5.81. The van der Waals surface area contributed by atoms with Gasteiger partial charge in [-0.3, -0.25) is 4.99 Å². The summed E-state index contributed by atoms with van der Waals surface area (Å²) in [5.74, 6) is 1.52. The standard InChI is InChI=1S/C13H20N4O/c1-15-13(14)17-9-7-16(8-10-17)11-3-5-12(18-2)6-4-11/h3-6H,7-10H2,1-2H3,(H2,14,15). The van der Waals surface area contributed by atoms with Crippen molar-refractivity contribution in [3.05, 3.63) is 24.3 Å². The summed E-state index contributed by atoms with van der Waals surface area (Å²) in [5.41, 5.74) is 7.04. The van der Waals surface area contributed by atoms with Gasteiger partial charge in [-0.05, 0) is 24.3 Å². The zero-order valence-electron chi connectivity index (χ0n) is 11.0. The first kappa shape index (κ1) is 12.5. The molecular weight excluding hydrogens is 228 g/mol. The van der Waals surface area contributed by atoms with Crippen molar-refractivity contribution in [3.8, 4) is 5.75 Å². The predicted octanol–water partition coefficient (Wildman–Crippen LogP) is 0.762. The summed E-state index contributed by atoms with van der Waals surface area (Å²) in [6.07, 6.45) is 0. The summed E-state index contributed by atoms with van der Waals surface area (Å²) in [4.78, 5) is 8.48. The van der Waals surface area contributed by atoms with E-state index in [9.17, 15) is 0 Å². The lowest BCUT2D eigenvalue weighted by molar-refractivity contribution is 0.381. The normalized spacial score (nSPS) is 16.9. The fraction of sp³-hybridized carbons (Fsp3) is 0.462. The van der Waals surface area contributed by atoms with E-state index < -0.39 is 0 Å². The van der Waals surface area contributed by atoms with Crippen molar-refractivity contribution >= 4 is 11.6 Å². The first-order valence-electron chi connectivity index (χ1n) is 6.11. The number of ether oxygens (including phenoxy) is 1. The quantitative estimate of drug-likeness (QED) is 0.620. The van der Waals surface area contributed by atoms with Gasteiger partial charge in [0, 0.05) is 38.9 Å². The number of methoxy groups -OCH3 is 1. The smallest absolute Gasteiger partial charge is 0.191 e. The molecule has 2 rings (SSSR count). The Morgan fingerprint density at radius 2 is 1.78 bits per heavy atom. The third kappa shape index (κ3) is 2.67. The number of hydrogen-bond donors (Lipinski definition) is 1. The summed E-state index contributed by atoms with van der Waals surface area (Å²) in [6.45, 7) is 3.75. The van der Waals surface area contributed by atoms with Gasteiger partial charge in [-0.1, -0.05) is 0 Å². The minimum Gasteiger partial charge on any atom is -0.497 e. The van der Waals surface area contributed by atoms with Crippen LogP contribution in [0.25, 0.3) is 0 Å². The molecule has 1 heterocycles. The van der Waals surface area contributed by atoms with Crippen LogP contribution in [0.1, 0.15) is 0 Å². The number of benzene rings is 1. The molecule has 0 amide bonds. The highest BCUT2D eigenvalue weighted by Crippen LogP contribution is 2.20. The zero-order chi connectivity index (χ0) is 13.0. The molecule has 0 saturated carbocycles. The molecule has 0 atom stereocenters. The molecule has 0 aromatic heterocycles. The highest BCUT2D eigenvalue weighted by atomic mass is 16.5. The van der Waals surface area contributed by atoms with Gasteiger partial charge in [0.2, 0.25) is 0 Å². The highest BCUT2D eigenvalue weighted by molar-refractivity contribution is 5.78. The van der Waals surface area contributed by atoms with Crippen LogP contribution in [0.3, 0.4) is 0 Å². The van der Waals surface area contributed by atoms with Gasteiger partial charge in [-0.25, -0.2) is 0 Å². The van der Waals surface area contributed by atoms with Crippen LogP contribution in [-0.4, -0.2) is 51.2 Å². The Hall–Kier alpha value is -1.91. The van der Waals surface area contributed by atoms with Gasteiger partial charge in [0.15, 0.2) is 5.96 Å². The lowest BCUT2D eigenvalue weighted by Crippen LogP contribution is -2.51. The average molecular weight is 248 g/mol. The topological polar surface area (TPSA) is 54.1 Å². The molecule has 1 aliphatic heterocycles. The van der Waals surface area contributed by atoms with Crippen LogP contribution in [-0.2, 0) is 0 Å². The van der Waals surface area contributed by atoms with Crippen molar-refractivity contribution in [2.45, 2.75) is 0 Å². The Bertz CT molecular complexity index is 408. The van der Waals surface area contributed by atoms with Crippen LogP contribution < -0.4 is 15.4 Å². The number of nitrogens with two attached hydrogens (primary N) is 1. The van der Waals surface area contributed by atoms with Crippen molar-refractivity contribution in [2.75, 3.05) is 45.2 Å². The summed E-state index contributed by atoms with van der Waals surface area (Å²) in [7, 11) is 3.41. The summed E-state index contributed by atoms with van der Waals surface area (Å²) in [5, 5.41) is 0. The molecule has 2 N–H and O–H groups in total. The molecule has 0 unspecified atom stereocenters. The number of aliphatic imine (C=N–C) groups is 1. The molecular formula is C13H20N4O.